The molecule has 0 spiro atoms. The second kappa shape index (κ2) is 8.51. The summed E-state index contributed by atoms with van der Waals surface area (Å²) in [6, 6.07) is 6.85. The summed E-state index contributed by atoms with van der Waals surface area (Å²) in [6.45, 7) is 3.43. The molecular weight excluding hydrogens is 380 g/mol. The monoisotopic (exact) mass is 400 g/mol. The molecule has 9 nitrogen and oxygen atoms in total. The summed E-state index contributed by atoms with van der Waals surface area (Å²) in [5.74, 6) is -1.84. The van der Waals surface area contributed by atoms with E-state index in [2.05, 4.69) is 10.6 Å². The van der Waals surface area contributed by atoms with E-state index in [1.165, 1.54) is 24.5 Å². The Morgan fingerprint density at radius 2 is 1.90 bits per heavy atom. The van der Waals surface area contributed by atoms with Gasteiger partial charge in [0.2, 0.25) is 6.79 Å². The highest BCUT2D eigenvalue weighted by molar-refractivity contribution is 6.05. The molecule has 0 saturated carbocycles. The van der Waals surface area contributed by atoms with Crippen LogP contribution in [0.15, 0.2) is 46.7 Å². The molecule has 0 radical (unpaired) electrons. The maximum absolute atomic E-state index is 12.8. The van der Waals surface area contributed by atoms with Gasteiger partial charge in [-0.05, 0) is 41.8 Å². The zero-order valence-corrected chi connectivity index (χ0v) is 15.8. The first-order chi connectivity index (χ1) is 13.8. The van der Waals surface area contributed by atoms with Crippen molar-refractivity contribution in [3.63, 3.8) is 0 Å². The summed E-state index contributed by atoms with van der Waals surface area (Å²) in [5, 5.41) is 14.2. The predicted octanol–water partition coefficient (Wildman–Crippen LogP) is 2.00. The van der Waals surface area contributed by atoms with Crippen molar-refractivity contribution in [2.45, 2.75) is 19.9 Å². The van der Waals surface area contributed by atoms with E-state index in [1.807, 2.05) is 0 Å². The van der Waals surface area contributed by atoms with Crippen LogP contribution < -0.4 is 20.1 Å². The number of carbonyl (C=O) groups is 3. The minimum absolute atomic E-state index is 0.00744. The van der Waals surface area contributed by atoms with Gasteiger partial charge in [-0.15, -0.1) is 0 Å². The van der Waals surface area contributed by atoms with E-state index >= 15 is 0 Å². The van der Waals surface area contributed by atoms with Crippen molar-refractivity contribution in [1.82, 2.24) is 10.6 Å². The molecule has 0 fully saturated rings. The van der Waals surface area contributed by atoms with Crippen LogP contribution in [-0.2, 0) is 9.59 Å². The number of aliphatic carboxylic acids is 1. The first kappa shape index (κ1) is 20.0. The maximum Gasteiger partial charge on any atom is 0.326 e. The number of furan rings is 1. The molecule has 3 N–H and O–H groups in total. The Balaban J connectivity index is 1.89. The number of carboxylic acids is 1. The van der Waals surface area contributed by atoms with Crippen LogP contribution in [0.4, 0.5) is 0 Å². The molecule has 3 rings (SSSR count). The Bertz CT molecular complexity index is 948. The Hall–Kier alpha value is -3.75. The quantitative estimate of drug-likeness (QED) is 0.607. The largest absolute Gasteiger partial charge is 0.480 e. The maximum atomic E-state index is 12.8. The molecule has 2 aromatic rings. The highest BCUT2D eigenvalue weighted by Crippen LogP contribution is 2.33. The minimum Gasteiger partial charge on any atom is -0.480 e. The highest BCUT2D eigenvalue weighted by Gasteiger charge is 2.26. The van der Waals surface area contributed by atoms with Gasteiger partial charge in [0.1, 0.15) is 11.7 Å². The lowest BCUT2D eigenvalue weighted by Gasteiger charge is -2.19. The first-order valence-corrected chi connectivity index (χ1v) is 8.85. The number of ether oxygens (including phenoxy) is 2. The molecule has 2 amide bonds. The average Bonchev–Trinajstić information content (AvgIpc) is 3.36. The van der Waals surface area contributed by atoms with E-state index in [-0.39, 0.29) is 24.2 Å². The van der Waals surface area contributed by atoms with Gasteiger partial charge in [0.25, 0.3) is 11.8 Å². The van der Waals surface area contributed by atoms with E-state index in [4.69, 9.17) is 13.9 Å². The number of carbonyl (C=O) groups excluding carboxylic acids is 2. The van der Waals surface area contributed by atoms with Crippen LogP contribution in [0.3, 0.4) is 0 Å². The van der Waals surface area contributed by atoms with Crippen molar-refractivity contribution >= 4 is 23.9 Å². The van der Waals surface area contributed by atoms with E-state index in [9.17, 15) is 19.5 Å². The lowest BCUT2D eigenvalue weighted by atomic mass is 10.0. The predicted molar refractivity (Wildman–Crippen MR) is 101 cm³/mol. The summed E-state index contributed by atoms with van der Waals surface area (Å²) in [4.78, 5) is 36.6. The van der Waals surface area contributed by atoms with Gasteiger partial charge < -0.3 is 29.6 Å². The summed E-state index contributed by atoms with van der Waals surface area (Å²) in [7, 11) is 0. The van der Waals surface area contributed by atoms with E-state index < -0.39 is 23.8 Å². The molecule has 0 aliphatic carbocycles. The number of benzene rings is 1. The lowest BCUT2D eigenvalue weighted by molar-refractivity contribution is -0.142. The Labute approximate surface area is 166 Å². The third-order valence-corrected chi connectivity index (χ3v) is 4.16. The Morgan fingerprint density at radius 1 is 1.14 bits per heavy atom. The van der Waals surface area contributed by atoms with Gasteiger partial charge in [0, 0.05) is 0 Å². The van der Waals surface area contributed by atoms with Gasteiger partial charge >= 0.3 is 5.97 Å². The van der Waals surface area contributed by atoms with E-state index in [0.717, 1.165) is 0 Å². The lowest BCUT2D eigenvalue weighted by Crippen LogP contribution is -2.47. The SMILES string of the molecule is CC(C)C(NC(=O)/C(=C/c1ccc2c(c1)OCO2)NC(=O)c1ccco1)C(=O)O. The molecule has 1 atom stereocenters. The fraction of sp³-hybridized carbons (Fsp3) is 0.250. The Morgan fingerprint density at radius 3 is 2.55 bits per heavy atom. The molecule has 1 aromatic carbocycles. The van der Waals surface area contributed by atoms with Crippen molar-refractivity contribution < 1.29 is 33.4 Å². The van der Waals surface area contributed by atoms with Crippen molar-refractivity contribution in [2.24, 2.45) is 5.92 Å². The number of carboxylic acid groups (broad SMARTS) is 1. The van der Waals surface area contributed by atoms with Crippen LogP contribution >= 0.6 is 0 Å². The van der Waals surface area contributed by atoms with E-state index in [1.54, 1.807) is 32.0 Å². The fourth-order valence-corrected chi connectivity index (χ4v) is 2.65. The van der Waals surface area contributed by atoms with Crippen LogP contribution in [0.2, 0.25) is 0 Å². The van der Waals surface area contributed by atoms with Crippen molar-refractivity contribution in [1.29, 1.82) is 0 Å². The summed E-state index contributed by atoms with van der Waals surface area (Å²) in [6.07, 6.45) is 2.74. The third kappa shape index (κ3) is 4.75. The number of amides is 2. The van der Waals surface area contributed by atoms with Gasteiger partial charge in [0.15, 0.2) is 17.3 Å². The number of nitrogens with one attached hydrogen (secondary N) is 2. The van der Waals surface area contributed by atoms with Crippen LogP contribution in [0, 0.1) is 5.92 Å². The smallest absolute Gasteiger partial charge is 0.326 e. The molecule has 1 aliphatic heterocycles. The van der Waals surface area contributed by atoms with Gasteiger partial charge in [-0.25, -0.2) is 4.79 Å². The highest BCUT2D eigenvalue weighted by atomic mass is 16.7. The van der Waals surface area contributed by atoms with Crippen molar-refractivity contribution in [3.8, 4) is 11.5 Å². The van der Waals surface area contributed by atoms with Crippen LogP contribution in [0.1, 0.15) is 30.0 Å². The summed E-state index contributed by atoms with van der Waals surface area (Å²) >= 11 is 0. The zero-order chi connectivity index (χ0) is 21.0. The molecule has 1 aromatic heterocycles. The van der Waals surface area contributed by atoms with Gasteiger partial charge in [-0.1, -0.05) is 19.9 Å². The second-order valence-electron chi connectivity index (χ2n) is 6.64. The zero-order valence-electron chi connectivity index (χ0n) is 15.8. The molecule has 29 heavy (non-hydrogen) atoms. The van der Waals surface area contributed by atoms with Crippen LogP contribution in [0.5, 0.6) is 11.5 Å². The number of rotatable bonds is 7. The summed E-state index contributed by atoms with van der Waals surface area (Å²) in [5.41, 5.74) is 0.410. The van der Waals surface area contributed by atoms with Crippen molar-refractivity contribution in [3.05, 3.63) is 53.6 Å². The van der Waals surface area contributed by atoms with Crippen LogP contribution in [-0.4, -0.2) is 35.7 Å². The first-order valence-electron chi connectivity index (χ1n) is 8.85. The fourth-order valence-electron chi connectivity index (χ4n) is 2.65. The molecule has 0 bridgehead atoms. The topological polar surface area (TPSA) is 127 Å². The average molecular weight is 400 g/mol. The molecule has 9 heteroatoms. The number of hydrogen-bond donors (Lipinski definition) is 3. The molecule has 1 aliphatic rings. The standard InChI is InChI=1S/C20H20N2O7/c1-11(2)17(20(25)26)22-18(23)13(21-19(24)15-4-3-7-27-15)8-12-5-6-14-16(9-12)29-10-28-14/h3-9,11,17H,10H2,1-2H3,(H,21,24)(H,22,23)(H,25,26)/b13-8-. The normalized spacial score (nSPS) is 13.8. The summed E-state index contributed by atoms with van der Waals surface area (Å²) < 4.78 is 15.6. The van der Waals surface area contributed by atoms with Gasteiger partial charge in [-0.2, -0.15) is 0 Å². The molecule has 2 heterocycles. The van der Waals surface area contributed by atoms with Gasteiger partial charge in [-0.3, -0.25) is 9.59 Å². The number of fused-ring (bicyclic) bond motifs is 1. The Kier molecular flexibility index (Phi) is 5.87. The molecule has 152 valence electrons. The molecular formula is C20H20N2O7. The minimum atomic E-state index is -1.17. The number of hydrogen-bond acceptors (Lipinski definition) is 6. The van der Waals surface area contributed by atoms with Crippen LogP contribution in [0.25, 0.3) is 6.08 Å². The molecule has 0 saturated heterocycles. The van der Waals surface area contributed by atoms with Gasteiger partial charge in [0.05, 0.1) is 6.26 Å². The molecule has 1 unspecified atom stereocenters. The third-order valence-electron chi connectivity index (χ3n) is 4.16. The van der Waals surface area contributed by atoms with Crippen molar-refractivity contribution in [2.75, 3.05) is 6.79 Å². The second-order valence-corrected chi connectivity index (χ2v) is 6.64. The van der Waals surface area contributed by atoms with E-state index in [0.29, 0.717) is 17.1 Å².